The third-order valence-corrected chi connectivity index (χ3v) is 1.43. The molecular formula is C9H19O2Ti-2. The van der Waals surface area contributed by atoms with Crippen molar-refractivity contribution in [3.63, 3.8) is 0 Å². The van der Waals surface area contributed by atoms with Gasteiger partial charge in [0.1, 0.15) is 0 Å². The summed E-state index contributed by atoms with van der Waals surface area (Å²) in [5.74, 6) is 0. The Balaban J connectivity index is 0. The Morgan fingerprint density at radius 2 is 1.75 bits per heavy atom. The van der Waals surface area contributed by atoms with Crippen molar-refractivity contribution < 1.29 is 26.5 Å². The van der Waals surface area contributed by atoms with Crippen molar-refractivity contribution in [1.29, 1.82) is 0 Å². The van der Waals surface area contributed by atoms with E-state index in [0.29, 0.717) is 5.41 Å². The van der Waals surface area contributed by atoms with E-state index in [9.17, 15) is 0 Å². The molecule has 0 heterocycles. The number of hydrogen-bond donors (Lipinski definition) is 0. The minimum atomic E-state index is -2.00. The van der Waals surface area contributed by atoms with Crippen LogP contribution in [0.5, 0.6) is 0 Å². The zero-order chi connectivity index (χ0) is 10.0. The summed E-state index contributed by atoms with van der Waals surface area (Å²) >= 11 is -2.00. The van der Waals surface area contributed by atoms with Crippen LogP contribution >= 0.6 is 0 Å². The van der Waals surface area contributed by atoms with Gasteiger partial charge in [-0.25, -0.2) is 0 Å². The Bertz CT molecular complexity index is 97.2. The fourth-order valence-corrected chi connectivity index (χ4v) is 0.832. The van der Waals surface area contributed by atoms with Crippen LogP contribution in [-0.4, -0.2) is 0 Å². The van der Waals surface area contributed by atoms with Crippen LogP contribution in [0.15, 0.2) is 0 Å². The van der Waals surface area contributed by atoms with Gasteiger partial charge in [-0.05, 0) is 11.8 Å². The molecule has 73 valence electrons. The van der Waals surface area contributed by atoms with E-state index < -0.39 is 19.5 Å². The standard InChI is InChI=1S/C9H19.2O.Ti/c1-5-6-7-8-9(2,3)4;;;/h1,5-8H2,2-4H3;;;/q-1;;-1;. The second-order valence-corrected chi connectivity index (χ2v) is 4.21. The molecule has 0 aromatic heterocycles. The molecule has 0 aromatic rings. The Kier molecular flexibility index (Phi) is 11.9. The molecule has 0 aliphatic rings. The fraction of sp³-hybridized carbons (Fsp3) is 0.889. The monoisotopic (exact) mass is 207 g/mol. The molecule has 0 bridgehead atoms. The molecule has 2 nitrogen and oxygen atoms in total. The summed E-state index contributed by atoms with van der Waals surface area (Å²) in [6.45, 7) is 10.7. The van der Waals surface area contributed by atoms with Gasteiger partial charge in [0.05, 0.1) is 0 Å². The molecule has 0 atom stereocenters. The van der Waals surface area contributed by atoms with E-state index in [2.05, 4.69) is 27.7 Å². The minimum absolute atomic E-state index is 0.523. The van der Waals surface area contributed by atoms with E-state index in [1.807, 2.05) is 0 Å². The van der Waals surface area contributed by atoms with E-state index in [1.165, 1.54) is 19.3 Å². The van der Waals surface area contributed by atoms with Gasteiger partial charge in [0.25, 0.3) is 0 Å². The van der Waals surface area contributed by atoms with Gasteiger partial charge >= 0.3 is 26.5 Å². The van der Waals surface area contributed by atoms with Gasteiger partial charge in [-0.3, -0.25) is 0 Å². The Morgan fingerprint density at radius 1 is 1.33 bits per heavy atom. The SMILES string of the molecule is [CH2-]CCCCC(C)(C)C.[O]=[Ti][O-]. The topological polar surface area (TPSA) is 40.1 Å². The first-order valence-corrected chi connectivity index (χ1v) is 5.54. The van der Waals surface area contributed by atoms with Crippen molar-refractivity contribution in [2.75, 3.05) is 0 Å². The van der Waals surface area contributed by atoms with Crippen LogP contribution in [-0.2, 0) is 22.8 Å². The number of rotatable bonds is 3. The first-order chi connectivity index (χ1) is 5.47. The molecule has 0 amide bonds. The fourth-order valence-electron chi connectivity index (χ4n) is 0.832. The maximum atomic E-state index is 8.50. The van der Waals surface area contributed by atoms with Gasteiger partial charge in [-0.1, -0.05) is 33.6 Å². The third-order valence-electron chi connectivity index (χ3n) is 1.43. The zero-order valence-corrected chi connectivity index (χ0v) is 9.91. The average Bonchev–Trinajstić information content (AvgIpc) is 1.87. The first kappa shape index (κ1) is 15.0. The predicted octanol–water partition coefficient (Wildman–Crippen LogP) is 2.12. The van der Waals surface area contributed by atoms with Crippen LogP contribution in [0.3, 0.4) is 0 Å². The zero-order valence-electron chi connectivity index (χ0n) is 8.35. The number of hydrogen-bond acceptors (Lipinski definition) is 2. The van der Waals surface area contributed by atoms with Crippen LogP contribution in [0.1, 0.15) is 46.5 Å². The second kappa shape index (κ2) is 9.56. The van der Waals surface area contributed by atoms with Crippen LogP contribution in [0, 0.1) is 12.3 Å². The normalized spacial score (nSPS) is 9.75. The van der Waals surface area contributed by atoms with Gasteiger partial charge in [-0.2, -0.15) is 6.42 Å². The summed E-state index contributed by atoms with van der Waals surface area (Å²) in [6.07, 6.45) is 5.06. The molecule has 0 aliphatic heterocycles. The van der Waals surface area contributed by atoms with Gasteiger partial charge in [0, 0.05) is 0 Å². The van der Waals surface area contributed by atoms with Gasteiger partial charge in [0.2, 0.25) is 0 Å². The summed E-state index contributed by atoms with van der Waals surface area (Å²) in [4.78, 5) is 0. The summed E-state index contributed by atoms with van der Waals surface area (Å²) < 4.78 is 17.0. The Morgan fingerprint density at radius 3 is 2.00 bits per heavy atom. The quantitative estimate of drug-likeness (QED) is 0.404. The van der Waals surface area contributed by atoms with Crippen molar-refractivity contribution >= 4 is 0 Å². The molecule has 0 saturated carbocycles. The van der Waals surface area contributed by atoms with Crippen LogP contribution in [0.2, 0.25) is 0 Å². The molecule has 3 heteroatoms. The maximum absolute atomic E-state index is 8.50. The van der Waals surface area contributed by atoms with E-state index in [1.54, 1.807) is 0 Å². The van der Waals surface area contributed by atoms with Gasteiger partial charge in [-0.15, -0.1) is 0 Å². The molecule has 0 rings (SSSR count). The van der Waals surface area contributed by atoms with Crippen molar-refractivity contribution in [1.82, 2.24) is 0 Å². The van der Waals surface area contributed by atoms with Crippen LogP contribution in [0.25, 0.3) is 0 Å². The van der Waals surface area contributed by atoms with E-state index >= 15 is 0 Å². The molecule has 0 aliphatic carbocycles. The molecule has 0 spiro atoms. The van der Waals surface area contributed by atoms with Crippen molar-refractivity contribution in [2.45, 2.75) is 46.5 Å². The molecule has 0 N–H and O–H groups in total. The molecular weight excluding hydrogens is 188 g/mol. The summed E-state index contributed by atoms with van der Waals surface area (Å²) in [7, 11) is 0. The third kappa shape index (κ3) is 22.4. The molecule has 0 fully saturated rings. The molecule has 0 radical (unpaired) electrons. The molecule has 0 unspecified atom stereocenters. The molecule has 0 saturated heterocycles. The van der Waals surface area contributed by atoms with Crippen LogP contribution < -0.4 is 3.69 Å². The van der Waals surface area contributed by atoms with Gasteiger partial charge < -0.3 is 6.92 Å². The van der Waals surface area contributed by atoms with Gasteiger partial charge in [0.15, 0.2) is 0 Å². The molecule has 0 aromatic carbocycles. The summed E-state index contributed by atoms with van der Waals surface area (Å²) in [5.41, 5.74) is 0.523. The first-order valence-electron chi connectivity index (χ1n) is 4.26. The number of unbranched alkanes of at least 4 members (excludes halogenated alkanes) is 2. The predicted molar refractivity (Wildman–Crippen MR) is 44.0 cm³/mol. The van der Waals surface area contributed by atoms with Crippen molar-refractivity contribution in [3.8, 4) is 0 Å². The second-order valence-electron chi connectivity index (χ2n) is 3.95. The Labute approximate surface area is 85.5 Å². The van der Waals surface area contributed by atoms with Crippen molar-refractivity contribution in [3.05, 3.63) is 6.92 Å². The molecule has 12 heavy (non-hydrogen) atoms. The van der Waals surface area contributed by atoms with Crippen LogP contribution in [0.4, 0.5) is 0 Å². The van der Waals surface area contributed by atoms with Crippen molar-refractivity contribution in [2.24, 2.45) is 5.41 Å². The summed E-state index contributed by atoms with van der Waals surface area (Å²) in [6, 6.07) is 0. The van der Waals surface area contributed by atoms with E-state index in [0.717, 1.165) is 6.42 Å². The summed E-state index contributed by atoms with van der Waals surface area (Å²) in [5, 5.41) is 0. The Hall–Kier alpha value is 0.474. The van der Waals surface area contributed by atoms with E-state index in [-0.39, 0.29) is 0 Å². The van der Waals surface area contributed by atoms with E-state index in [4.69, 9.17) is 7.01 Å². The average molecular weight is 207 g/mol.